The first-order chi connectivity index (χ1) is 12.6. The maximum Gasteiger partial charge on any atom is 0.303 e. The fourth-order valence-electron chi connectivity index (χ4n) is 2.90. The van der Waals surface area contributed by atoms with Gasteiger partial charge in [0, 0.05) is 20.3 Å². The lowest BCUT2D eigenvalue weighted by molar-refractivity contribution is -0.146. The van der Waals surface area contributed by atoms with E-state index in [-0.39, 0.29) is 24.6 Å². The first kappa shape index (κ1) is 24.7. The van der Waals surface area contributed by atoms with Crippen LogP contribution in [0.5, 0.6) is 0 Å². The van der Waals surface area contributed by atoms with Crippen molar-refractivity contribution in [3.8, 4) is 0 Å². The number of esters is 2. The zero-order chi connectivity index (χ0) is 19.5. The summed E-state index contributed by atoms with van der Waals surface area (Å²) in [4.78, 5) is 21.9. The molecule has 0 aliphatic rings. The molecule has 0 radical (unpaired) electrons. The van der Waals surface area contributed by atoms with Crippen LogP contribution in [-0.4, -0.2) is 24.6 Å². The van der Waals surface area contributed by atoms with Crippen LogP contribution in [0.2, 0.25) is 0 Å². The molecular weight excluding hydrogens is 328 g/mol. The first-order valence-electron chi connectivity index (χ1n) is 10.5. The van der Waals surface area contributed by atoms with Gasteiger partial charge in [-0.25, -0.2) is 0 Å². The zero-order valence-electron chi connectivity index (χ0n) is 17.3. The van der Waals surface area contributed by atoms with Crippen molar-refractivity contribution < 1.29 is 19.1 Å². The zero-order valence-corrected chi connectivity index (χ0v) is 17.3. The van der Waals surface area contributed by atoms with Crippen LogP contribution < -0.4 is 0 Å². The molecule has 0 rings (SSSR count). The molecule has 1 unspecified atom stereocenters. The van der Waals surface area contributed by atoms with Gasteiger partial charge in [0.2, 0.25) is 0 Å². The van der Waals surface area contributed by atoms with Gasteiger partial charge in [0.25, 0.3) is 0 Å². The minimum atomic E-state index is -0.309. The number of unbranched alkanes of at least 4 members (excludes halogenated alkanes) is 11. The molecule has 152 valence electrons. The number of hydrogen-bond acceptors (Lipinski definition) is 4. The SMILES string of the molecule is CCCCCCCCCCCCCC=CC(CCOC(C)=O)OC(C)=O. The molecular formula is C22H40O4. The van der Waals surface area contributed by atoms with Crippen molar-refractivity contribution in [2.24, 2.45) is 0 Å². The number of hydrogen-bond donors (Lipinski definition) is 0. The lowest BCUT2D eigenvalue weighted by Gasteiger charge is -2.12. The Hall–Kier alpha value is -1.32. The number of ether oxygens (including phenoxy) is 2. The molecule has 4 nitrogen and oxygen atoms in total. The van der Waals surface area contributed by atoms with E-state index in [1.807, 2.05) is 6.08 Å². The minimum absolute atomic E-state index is 0.274. The van der Waals surface area contributed by atoms with Gasteiger partial charge in [-0.3, -0.25) is 9.59 Å². The summed E-state index contributed by atoms with van der Waals surface area (Å²) in [6.45, 7) is 5.31. The Bertz CT molecular complexity index is 376. The Morgan fingerprint density at radius 1 is 0.808 bits per heavy atom. The normalized spacial score (nSPS) is 12.3. The highest BCUT2D eigenvalue weighted by molar-refractivity contribution is 5.66. The van der Waals surface area contributed by atoms with Crippen molar-refractivity contribution in [1.82, 2.24) is 0 Å². The highest BCUT2D eigenvalue weighted by atomic mass is 16.6. The lowest BCUT2D eigenvalue weighted by atomic mass is 10.1. The molecule has 0 N–H and O–H groups in total. The standard InChI is InChI=1S/C22H40O4/c1-4-5-6-7-8-9-10-11-12-13-14-15-16-17-22(26-21(3)24)18-19-25-20(2)23/h16-17,22H,4-15,18-19H2,1-3H3. The van der Waals surface area contributed by atoms with E-state index in [1.165, 1.54) is 84.5 Å². The maximum absolute atomic E-state index is 11.1. The Balaban J connectivity index is 3.61. The average molecular weight is 369 g/mol. The molecule has 0 aromatic carbocycles. The Morgan fingerprint density at radius 2 is 1.35 bits per heavy atom. The molecule has 0 amide bonds. The van der Waals surface area contributed by atoms with E-state index in [4.69, 9.17) is 9.47 Å². The molecule has 0 aromatic rings. The largest absolute Gasteiger partial charge is 0.466 e. The molecule has 0 bridgehead atoms. The van der Waals surface area contributed by atoms with Crippen LogP contribution in [0.25, 0.3) is 0 Å². The highest BCUT2D eigenvalue weighted by Gasteiger charge is 2.08. The van der Waals surface area contributed by atoms with Gasteiger partial charge in [-0.1, -0.05) is 77.2 Å². The molecule has 0 saturated heterocycles. The first-order valence-corrected chi connectivity index (χ1v) is 10.5. The van der Waals surface area contributed by atoms with Gasteiger partial charge in [-0.05, 0) is 18.9 Å². The number of carbonyl (C=O) groups excluding carboxylic acids is 2. The quantitative estimate of drug-likeness (QED) is 0.176. The van der Waals surface area contributed by atoms with Crippen molar-refractivity contribution in [2.75, 3.05) is 6.61 Å². The Labute approximate surface area is 160 Å². The minimum Gasteiger partial charge on any atom is -0.466 e. The summed E-state index contributed by atoms with van der Waals surface area (Å²) in [6.07, 6.45) is 19.9. The molecule has 0 heterocycles. The summed E-state index contributed by atoms with van der Waals surface area (Å²) in [5, 5.41) is 0. The van der Waals surface area contributed by atoms with E-state index >= 15 is 0 Å². The number of allylic oxidation sites excluding steroid dienone is 1. The van der Waals surface area contributed by atoms with Crippen LogP contribution in [0.15, 0.2) is 12.2 Å². The topological polar surface area (TPSA) is 52.6 Å². The molecule has 0 spiro atoms. The van der Waals surface area contributed by atoms with E-state index in [0.717, 1.165) is 6.42 Å². The molecule has 0 aromatic heterocycles. The predicted octanol–water partition coefficient (Wildman–Crippen LogP) is 6.13. The third-order valence-electron chi connectivity index (χ3n) is 4.35. The van der Waals surface area contributed by atoms with Crippen molar-refractivity contribution >= 4 is 11.9 Å². The summed E-state index contributed by atoms with van der Waals surface area (Å²) in [6, 6.07) is 0. The fraction of sp³-hybridized carbons (Fsp3) is 0.818. The van der Waals surface area contributed by atoms with Gasteiger partial charge < -0.3 is 9.47 Å². The van der Waals surface area contributed by atoms with Crippen molar-refractivity contribution in [3.63, 3.8) is 0 Å². The van der Waals surface area contributed by atoms with Crippen LogP contribution in [0.1, 0.15) is 104 Å². The fourth-order valence-corrected chi connectivity index (χ4v) is 2.90. The summed E-state index contributed by atoms with van der Waals surface area (Å²) in [7, 11) is 0. The van der Waals surface area contributed by atoms with Gasteiger partial charge in [-0.2, -0.15) is 0 Å². The van der Waals surface area contributed by atoms with E-state index in [9.17, 15) is 9.59 Å². The summed E-state index contributed by atoms with van der Waals surface area (Å²) >= 11 is 0. The van der Waals surface area contributed by atoms with Crippen molar-refractivity contribution in [3.05, 3.63) is 12.2 Å². The average Bonchev–Trinajstić information content (AvgIpc) is 2.58. The van der Waals surface area contributed by atoms with Gasteiger partial charge >= 0.3 is 11.9 Å². The van der Waals surface area contributed by atoms with Crippen LogP contribution in [0.4, 0.5) is 0 Å². The third-order valence-corrected chi connectivity index (χ3v) is 4.35. The van der Waals surface area contributed by atoms with Crippen molar-refractivity contribution in [2.45, 2.75) is 110 Å². The second-order valence-corrected chi connectivity index (χ2v) is 7.03. The third kappa shape index (κ3) is 19.0. The second kappa shape index (κ2) is 18.5. The molecule has 1 atom stereocenters. The Morgan fingerprint density at radius 3 is 1.85 bits per heavy atom. The van der Waals surface area contributed by atoms with Gasteiger partial charge in [0.05, 0.1) is 6.61 Å². The maximum atomic E-state index is 11.1. The smallest absolute Gasteiger partial charge is 0.303 e. The molecule has 0 aliphatic carbocycles. The predicted molar refractivity (Wildman–Crippen MR) is 107 cm³/mol. The second-order valence-electron chi connectivity index (χ2n) is 7.03. The summed E-state index contributed by atoms with van der Waals surface area (Å²) < 4.78 is 10.1. The molecule has 4 heteroatoms. The van der Waals surface area contributed by atoms with Crippen LogP contribution in [0.3, 0.4) is 0 Å². The monoisotopic (exact) mass is 368 g/mol. The van der Waals surface area contributed by atoms with E-state index in [2.05, 4.69) is 13.0 Å². The van der Waals surface area contributed by atoms with Crippen molar-refractivity contribution in [1.29, 1.82) is 0 Å². The van der Waals surface area contributed by atoms with Crippen LogP contribution >= 0.6 is 0 Å². The van der Waals surface area contributed by atoms with E-state index in [0.29, 0.717) is 6.42 Å². The summed E-state index contributed by atoms with van der Waals surface area (Å²) in [5.74, 6) is -0.617. The number of carbonyl (C=O) groups is 2. The lowest BCUT2D eigenvalue weighted by Crippen LogP contribution is -2.17. The molecule has 26 heavy (non-hydrogen) atoms. The van der Waals surface area contributed by atoms with Gasteiger partial charge in [0.15, 0.2) is 0 Å². The van der Waals surface area contributed by atoms with E-state index in [1.54, 1.807) is 0 Å². The van der Waals surface area contributed by atoms with Gasteiger partial charge in [0.1, 0.15) is 6.10 Å². The van der Waals surface area contributed by atoms with Crippen LogP contribution in [-0.2, 0) is 19.1 Å². The number of rotatable bonds is 17. The van der Waals surface area contributed by atoms with Gasteiger partial charge in [-0.15, -0.1) is 0 Å². The highest BCUT2D eigenvalue weighted by Crippen LogP contribution is 2.12. The molecule has 0 fully saturated rings. The van der Waals surface area contributed by atoms with Crippen LogP contribution in [0, 0.1) is 0 Å². The van der Waals surface area contributed by atoms with E-state index < -0.39 is 0 Å². The molecule has 0 aliphatic heterocycles. The summed E-state index contributed by atoms with van der Waals surface area (Å²) in [5.41, 5.74) is 0. The Kier molecular flexibility index (Phi) is 17.5. The molecule has 0 saturated carbocycles.